The molecule has 0 bridgehead atoms. The van der Waals surface area contributed by atoms with Gasteiger partial charge in [0.05, 0.1) is 25.7 Å². The Morgan fingerprint density at radius 2 is 1.73 bits per heavy atom. The first-order chi connectivity index (χ1) is 14.5. The maximum atomic E-state index is 13.4. The lowest BCUT2D eigenvalue weighted by Gasteiger charge is -2.39. The number of carbonyl (C=O) groups is 2. The van der Waals surface area contributed by atoms with E-state index in [1.165, 1.54) is 7.11 Å². The molecule has 4 rings (SSSR count). The molecule has 3 atom stereocenters. The molecule has 154 valence electrons. The molecule has 6 heteroatoms. The summed E-state index contributed by atoms with van der Waals surface area (Å²) in [7, 11) is 3.00. The first kappa shape index (κ1) is 19.9. The molecule has 2 aliphatic rings. The molecule has 0 spiro atoms. The van der Waals surface area contributed by atoms with Gasteiger partial charge in [-0.2, -0.15) is 0 Å². The third kappa shape index (κ3) is 3.49. The fourth-order valence-corrected chi connectivity index (χ4v) is 4.49. The van der Waals surface area contributed by atoms with Gasteiger partial charge in [0.2, 0.25) is 0 Å². The molecule has 2 heterocycles. The Morgan fingerprint density at radius 3 is 2.37 bits per heavy atom. The number of carbonyl (C=O) groups excluding carboxylic acids is 2. The lowest BCUT2D eigenvalue weighted by Crippen LogP contribution is -2.41. The van der Waals surface area contributed by atoms with Crippen LogP contribution in [0.15, 0.2) is 71.8 Å². The molecule has 2 N–H and O–H groups in total. The van der Waals surface area contributed by atoms with Crippen molar-refractivity contribution in [2.45, 2.75) is 25.2 Å². The second-order valence-electron chi connectivity index (χ2n) is 7.62. The van der Waals surface area contributed by atoms with Gasteiger partial charge in [-0.25, -0.2) is 9.78 Å². The number of methoxy groups -OCH3 is 2. The zero-order valence-electron chi connectivity index (χ0n) is 17.3. The summed E-state index contributed by atoms with van der Waals surface area (Å²) in [6, 6.07) is 11.6. The van der Waals surface area contributed by atoms with Gasteiger partial charge in [-0.1, -0.05) is 18.2 Å². The molecule has 30 heavy (non-hydrogen) atoms. The number of nitrogens with one attached hydrogen (secondary N) is 2. The summed E-state index contributed by atoms with van der Waals surface area (Å²) >= 11 is 0. The van der Waals surface area contributed by atoms with Crippen LogP contribution < -0.4 is 15.0 Å². The number of ether oxygens (including phenoxy) is 2. The number of hydrogen-bond donors (Lipinski definition) is 1. The SMILES string of the molecule is COC(=O)C1=C(C)NC2=CC(c3ccc(OC)cc3)CC(=O)C2C1c1cc[nH+]cc1. The van der Waals surface area contributed by atoms with E-state index in [0.717, 1.165) is 22.6 Å². The van der Waals surface area contributed by atoms with Gasteiger partial charge < -0.3 is 14.8 Å². The number of allylic oxidation sites excluding steroid dienone is 3. The van der Waals surface area contributed by atoms with E-state index in [9.17, 15) is 9.59 Å². The molecular formula is C24H25N2O4+. The number of ketones is 1. The molecule has 0 amide bonds. The highest BCUT2D eigenvalue weighted by molar-refractivity contribution is 5.96. The maximum Gasteiger partial charge on any atom is 0.336 e. The molecule has 2 aromatic rings. The van der Waals surface area contributed by atoms with Crippen LogP contribution in [0.3, 0.4) is 0 Å². The Morgan fingerprint density at radius 1 is 1.03 bits per heavy atom. The average molecular weight is 405 g/mol. The second kappa shape index (κ2) is 8.14. The van der Waals surface area contributed by atoms with Crippen LogP contribution in [-0.4, -0.2) is 26.0 Å². The molecule has 0 saturated heterocycles. The summed E-state index contributed by atoms with van der Waals surface area (Å²) in [5.74, 6) is -0.387. The largest absolute Gasteiger partial charge is 0.497 e. The van der Waals surface area contributed by atoms with E-state index in [2.05, 4.69) is 16.4 Å². The van der Waals surface area contributed by atoms with Crippen molar-refractivity contribution in [3.8, 4) is 5.75 Å². The summed E-state index contributed by atoms with van der Waals surface area (Å²) in [6.07, 6.45) is 6.11. The number of aromatic amines is 1. The number of hydrogen-bond acceptors (Lipinski definition) is 5. The zero-order chi connectivity index (χ0) is 21.3. The Balaban J connectivity index is 1.79. The number of fused-ring (bicyclic) bond motifs is 1. The first-order valence-electron chi connectivity index (χ1n) is 9.94. The molecule has 1 aliphatic heterocycles. The third-order valence-electron chi connectivity index (χ3n) is 5.92. The minimum atomic E-state index is -0.445. The van der Waals surface area contributed by atoms with Crippen molar-refractivity contribution in [3.63, 3.8) is 0 Å². The minimum Gasteiger partial charge on any atom is -0.497 e. The fraction of sp³-hybridized carbons (Fsp3) is 0.292. The Hall–Kier alpha value is -3.41. The van der Waals surface area contributed by atoms with Gasteiger partial charge >= 0.3 is 5.97 Å². The summed E-state index contributed by atoms with van der Waals surface area (Å²) in [5, 5.41) is 3.32. The van der Waals surface area contributed by atoms with E-state index >= 15 is 0 Å². The highest BCUT2D eigenvalue weighted by Crippen LogP contribution is 2.46. The Kier molecular flexibility index (Phi) is 5.40. The van der Waals surface area contributed by atoms with Crippen LogP contribution in [-0.2, 0) is 14.3 Å². The van der Waals surface area contributed by atoms with Gasteiger partial charge in [0.15, 0.2) is 12.4 Å². The molecule has 3 unspecified atom stereocenters. The predicted octanol–water partition coefficient (Wildman–Crippen LogP) is 2.90. The number of rotatable bonds is 4. The van der Waals surface area contributed by atoms with Gasteiger partial charge in [0.25, 0.3) is 0 Å². The van der Waals surface area contributed by atoms with Gasteiger partial charge in [0.1, 0.15) is 11.5 Å². The second-order valence-corrected chi connectivity index (χ2v) is 7.62. The van der Waals surface area contributed by atoms with Crippen molar-refractivity contribution < 1.29 is 24.0 Å². The maximum absolute atomic E-state index is 13.4. The summed E-state index contributed by atoms with van der Waals surface area (Å²) < 4.78 is 10.3. The standard InChI is InChI=1S/C24H24N2O4/c1-14-21(24(28)30-3)22(16-8-10-25-11-9-16)23-19(26-14)12-17(13-20(23)27)15-4-6-18(29-2)7-5-15/h4-12,17,22-23,26H,13H2,1-3H3/p+1. The molecule has 6 nitrogen and oxygen atoms in total. The molecule has 1 aromatic heterocycles. The third-order valence-corrected chi connectivity index (χ3v) is 5.92. The van der Waals surface area contributed by atoms with Crippen LogP contribution in [0.25, 0.3) is 0 Å². The van der Waals surface area contributed by atoms with Crippen LogP contribution in [0, 0.1) is 5.92 Å². The number of benzene rings is 1. The Bertz CT molecular complexity index is 1020. The number of H-pyrrole nitrogens is 1. The monoisotopic (exact) mass is 405 g/mol. The van der Waals surface area contributed by atoms with Crippen LogP contribution in [0.2, 0.25) is 0 Å². The Labute approximate surface area is 175 Å². The number of aromatic nitrogens is 1. The van der Waals surface area contributed by atoms with E-state index < -0.39 is 11.9 Å². The van der Waals surface area contributed by atoms with Crippen molar-refractivity contribution in [3.05, 3.63) is 83.0 Å². The highest BCUT2D eigenvalue weighted by atomic mass is 16.5. The summed E-state index contributed by atoms with van der Waals surface area (Å²) in [6.45, 7) is 1.85. The van der Waals surface area contributed by atoms with Crippen LogP contribution in [0.1, 0.15) is 36.3 Å². The van der Waals surface area contributed by atoms with Crippen molar-refractivity contribution in [2.24, 2.45) is 5.92 Å². The normalized spacial score (nSPS) is 23.2. The molecule has 1 aromatic carbocycles. The molecule has 0 fully saturated rings. The fourth-order valence-electron chi connectivity index (χ4n) is 4.49. The van der Waals surface area contributed by atoms with Crippen LogP contribution in [0.4, 0.5) is 0 Å². The predicted molar refractivity (Wildman–Crippen MR) is 111 cm³/mol. The van der Waals surface area contributed by atoms with Crippen molar-refractivity contribution >= 4 is 11.8 Å². The number of esters is 1. The van der Waals surface area contributed by atoms with Crippen LogP contribution in [0.5, 0.6) is 5.75 Å². The average Bonchev–Trinajstić information content (AvgIpc) is 2.78. The van der Waals surface area contributed by atoms with Crippen molar-refractivity contribution in [1.29, 1.82) is 0 Å². The first-order valence-corrected chi connectivity index (χ1v) is 9.94. The van der Waals surface area contributed by atoms with E-state index in [1.54, 1.807) is 19.5 Å². The van der Waals surface area contributed by atoms with E-state index in [0.29, 0.717) is 17.7 Å². The summed E-state index contributed by atoms with van der Waals surface area (Å²) in [4.78, 5) is 29.0. The summed E-state index contributed by atoms with van der Waals surface area (Å²) in [5.41, 5.74) is 4.02. The minimum absolute atomic E-state index is 0.0283. The van der Waals surface area contributed by atoms with E-state index in [-0.39, 0.29) is 17.6 Å². The molecule has 0 radical (unpaired) electrons. The molecule has 0 saturated carbocycles. The van der Waals surface area contributed by atoms with E-state index in [4.69, 9.17) is 9.47 Å². The highest BCUT2D eigenvalue weighted by Gasteiger charge is 2.45. The van der Waals surface area contributed by atoms with E-state index in [1.807, 2.05) is 43.3 Å². The lowest BCUT2D eigenvalue weighted by molar-refractivity contribution is -0.378. The van der Waals surface area contributed by atoms with Crippen molar-refractivity contribution in [1.82, 2.24) is 5.32 Å². The van der Waals surface area contributed by atoms with Gasteiger partial charge in [-0.15, -0.1) is 0 Å². The zero-order valence-corrected chi connectivity index (χ0v) is 17.3. The lowest BCUT2D eigenvalue weighted by atomic mass is 9.69. The molecule has 1 aliphatic carbocycles. The van der Waals surface area contributed by atoms with Crippen LogP contribution >= 0.6 is 0 Å². The molecular weight excluding hydrogens is 380 g/mol. The van der Waals surface area contributed by atoms with Crippen molar-refractivity contribution in [2.75, 3.05) is 14.2 Å². The van der Waals surface area contributed by atoms with Gasteiger partial charge in [0, 0.05) is 41.8 Å². The topological polar surface area (TPSA) is 78.8 Å². The smallest absolute Gasteiger partial charge is 0.336 e. The number of pyridine rings is 1. The quantitative estimate of drug-likeness (QED) is 0.792. The van der Waals surface area contributed by atoms with Gasteiger partial charge in [-0.05, 0) is 30.2 Å². The van der Waals surface area contributed by atoms with Gasteiger partial charge in [-0.3, -0.25) is 4.79 Å². The number of Topliss-reactive ketones (excluding diaryl/α,β-unsaturated/α-hetero) is 1.